The highest BCUT2D eigenvalue weighted by molar-refractivity contribution is 6.31. The zero-order valence-electron chi connectivity index (χ0n) is 14.9. The quantitative estimate of drug-likeness (QED) is 0.552. The van der Waals surface area contributed by atoms with Gasteiger partial charge in [-0.1, -0.05) is 49.2 Å². The first-order valence-corrected chi connectivity index (χ1v) is 9.48. The predicted octanol–water partition coefficient (Wildman–Crippen LogP) is 5.77. The zero-order chi connectivity index (χ0) is 18.7. The van der Waals surface area contributed by atoms with Gasteiger partial charge in [0.25, 0.3) is 0 Å². The van der Waals surface area contributed by atoms with Gasteiger partial charge in [-0.3, -0.25) is 4.79 Å². The first kappa shape index (κ1) is 18.8. The minimum atomic E-state index is -0.104. The van der Waals surface area contributed by atoms with Crippen molar-refractivity contribution in [3.05, 3.63) is 69.8 Å². The van der Waals surface area contributed by atoms with Crippen LogP contribution in [0.1, 0.15) is 37.3 Å². The first-order chi connectivity index (χ1) is 12.4. The van der Waals surface area contributed by atoms with Crippen molar-refractivity contribution in [3.63, 3.8) is 0 Å². The molecule has 0 bridgehead atoms. The smallest absolute Gasteiger partial charge is 0.220 e. The van der Waals surface area contributed by atoms with Gasteiger partial charge in [0, 0.05) is 46.0 Å². The molecule has 3 rings (SSSR count). The van der Waals surface area contributed by atoms with Crippen LogP contribution in [0.5, 0.6) is 0 Å². The molecule has 5 heteroatoms. The zero-order valence-corrected chi connectivity index (χ0v) is 16.4. The molecular formula is C21H22Cl2N2O. The number of carbonyl (C=O) groups excluding carboxylic acids is 1. The molecule has 0 spiro atoms. The molecule has 0 aliphatic carbocycles. The number of halogens is 2. The molecule has 0 aliphatic rings. The Morgan fingerprint density at radius 3 is 2.62 bits per heavy atom. The van der Waals surface area contributed by atoms with E-state index in [1.807, 2.05) is 48.7 Å². The molecule has 136 valence electrons. The molecule has 0 aliphatic heterocycles. The lowest BCUT2D eigenvalue weighted by Crippen LogP contribution is -2.28. The maximum absolute atomic E-state index is 12.5. The van der Waals surface area contributed by atoms with Crippen molar-refractivity contribution < 1.29 is 4.79 Å². The second kappa shape index (κ2) is 8.15. The summed E-state index contributed by atoms with van der Waals surface area (Å²) in [5.74, 6) is 0.337. The van der Waals surface area contributed by atoms with Crippen molar-refractivity contribution in [1.29, 1.82) is 0 Å². The molecule has 26 heavy (non-hydrogen) atoms. The summed E-state index contributed by atoms with van der Waals surface area (Å²) >= 11 is 12.4. The number of hydrogen-bond acceptors (Lipinski definition) is 1. The lowest BCUT2D eigenvalue weighted by molar-refractivity contribution is -0.121. The summed E-state index contributed by atoms with van der Waals surface area (Å²) in [5, 5.41) is 5.37. The summed E-state index contributed by atoms with van der Waals surface area (Å²) in [4.78, 5) is 15.8. The average molecular weight is 389 g/mol. The van der Waals surface area contributed by atoms with Gasteiger partial charge in [-0.05, 0) is 47.4 Å². The number of H-pyrrole nitrogens is 1. The van der Waals surface area contributed by atoms with Crippen molar-refractivity contribution in [2.24, 2.45) is 5.92 Å². The van der Waals surface area contributed by atoms with Crippen molar-refractivity contribution >= 4 is 40.0 Å². The molecule has 2 aromatic carbocycles. The Bertz CT molecular complexity index is 917. The Balaban J connectivity index is 1.99. The molecule has 1 atom stereocenters. The number of hydrogen-bond donors (Lipinski definition) is 2. The van der Waals surface area contributed by atoms with Crippen LogP contribution in [0.2, 0.25) is 10.0 Å². The fraction of sp³-hybridized carbons (Fsp3) is 0.286. The van der Waals surface area contributed by atoms with E-state index in [1.165, 1.54) is 0 Å². The fourth-order valence-corrected chi connectivity index (χ4v) is 3.48. The molecule has 3 nitrogen and oxygen atoms in total. The third kappa shape index (κ3) is 4.40. The van der Waals surface area contributed by atoms with Gasteiger partial charge in [-0.2, -0.15) is 0 Å². The summed E-state index contributed by atoms with van der Waals surface area (Å²) in [6.45, 7) is 4.83. The summed E-state index contributed by atoms with van der Waals surface area (Å²) in [7, 11) is 0. The van der Waals surface area contributed by atoms with Crippen LogP contribution in [0.25, 0.3) is 10.9 Å². The van der Waals surface area contributed by atoms with E-state index >= 15 is 0 Å². The highest BCUT2D eigenvalue weighted by Gasteiger charge is 2.22. The van der Waals surface area contributed by atoms with Crippen LogP contribution in [0.3, 0.4) is 0 Å². The lowest BCUT2D eigenvalue weighted by atomic mass is 9.88. The van der Waals surface area contributed by atoms with E-state index in [9.17, 15) is 4.79 Å². The maximum atomic E-state index is 12.5. The highest BCUT2D eigenvalue weighted by Crippen LogP contribution is 2.35. The Labute approximate surface area is 163 Å². The Hall–Kier alpha value is -1.97. The molecule has 1 amide bonds. The number of carbonyl (C=O) groups is 1. The number of amides is 1. The topological polar surface area (TPSA) is 44.9 Å². The Morgan fingerprint density at radius 2 is 1.88 bits per heavy atom. The minimum Gasteiger partial charge on any atom is -0.361 e. The van der Waals surface area contributed by atoms with E-state index < -0.39 is 0 Å². The number of aromatic nitrogens is 1. The second-order valence-electron chi connectivity index (χ2n) is 6.94. The van der Waals surface area contributed by atoms with Crippen molar-refractivity contribution in [2.75, 3.05) is 6.54 Å². The van der Waals surface area contributed by atoms with Gasteiger partial charge in [-0.15, -0.1) is 0 Å². The average Bonchev–Trinajstić information content (AvgIpc) is 3.00. The van der Waals surface area contributed by atoms with Gasteiger partial charge >= 0.3 is 0 Å². The fourth-order valence-electron chi connectivity index (χ4n) is 3.11. The summed E-state index contributed by atoms with van der Waals surface area (Å²) in [6, 6.07) is 13.4. The number of fused-ring (bicyclic) bond motifs is 1. The highest BCUT2D eigenvalue weighted by atomic mass is 35.5. The van der Waals surface area contributed by atoms with Gasteiger partial charge in [0.1, 0.15) is 0 Å². The van der Waals surface area contributed by atoms with Gasteiger partial charge in [0.15, 0.2) is 0 Å². The molecule has 3 aromatic rings. The molecule has 0 radical (unpaired) electrons. The standard InChI is InChI=1S/C21H22Cl2N2O/c1-13(2)11-25-21(26)10-17(14-4-3-5-15(22)8-14)19-12-24-20-7-6-16(23)9-18(19)20/h3-9,12-13,17,24H,10-11H2,1-2H3,(H,25,26). The summed E-state index contributed by atoms with van der Waals surface area (Å²) in [5.41, 5.74) is 3.06. The van der Waals surface area contributed by atoms with E-state index in [4.69, 9.17) is 23.2 Å². The van der Waals surface area contributed by atoms with Gasteiger partial charge < -0.3 is 10.3 Å². The first-order valence-electron chi connectivity index (χ1n) is 8.72. The summed E-state index contributed by atoms with van der Waals surface area (Å²) < 4.78 is 0. The SMILES string of the molecule is CC(C)CNC(=O)CC(c1cccc(Cl)c1)c1c[nH]c2ccc(Cl)cc12. The van der Waals surface area contributed by atoms with E-state index in [-0.39, 0.29) is 11.8 Å². The molecule has 1 aromatic heterocycles. The third-order valence-corrected chi connectivity index (χ3v) is 4.87. The normalized spacial score (nSPS) is 12.5. The molecule has 0 saturated carbocycles. The molecule has 0 saturated heterocycles. The monoisotopic (exact) mass is 388 g/mol. The molecule has 2 N–H and O–H groups in total. The van der Waals surface area contributed by atoms with Crippen LogP contribution in [-0.4, -0.2) is 17.4 Å². The number of nitrogens with one attached hydrogen (secondary N) is 2. The lowest BCUT2D eigenvalue weighted by Gasteiger charge is -2.18. The molecule has 1 unspecified atom stereocenters. The van der Waals surface area contributed by atoms with E-state index in [0.717, 1.165) is 22.0 Å². The Kier molecular flexibility index (Phi) is 5.90. The van der Waals surface area contributed by atoms with Crippen LogP contribution in [-0.2, 0) is 4.79 Å². The largest absolute Gasteiger partial charge is 0.361 e. The van der Waals surface area contributed by atoms with E-state index in [1.54, 1.807) is 0 Å². The van der Waals surface area contributed by atoms with Crippen molar-refractivity contribution in [3.8, 4) is 0 Å². The molecule has 0 fully saturated rings. The van der Waals surface area contributed by atoms with Gasteiger partial charge in [0.05, 0.1) is 0 Å². The number of benzene rings is 2. The van der Waals surface area contributed by atoms with Crippen molar-refractivity contribution in [1.82, 2.24) is 10.3 Å². The van der Waals surface area contributed by atoms with Gasteiger partial charge in [0.2, 0.25) is 5.91 Å². The summed E-state index contributed by atoms with van der Waals surface area (Å²) in [6.07, 6.45) is 2.31. The second-order valence-corrected chi connectivity index (χ2v) is 7.82. The van der Waals surface area contributed by atoms with Crippen LogP contribution < -0.4 is 5.32 Å². The van der Waals surface area contributed by atoms with Gasteiger partial charge in [-0.25, -0.2) is 0 Å². The number of rotatable bonds is 6. The van der Waals surface area contributed by atoms with Crippen LogP contribution in [0, 0.1) is 5.92 Å². The molecule has 1 heterocycles. The van der Waals surface area contributed by atoms with Crippen molar-refractivity contribution in [2.45, 2.75) is 26.2 Å². The molecular weight excluding hydrogens is 367 g/mol. The van der Waals surface area contributed by atoms with Crippen LogP contribution in [0.15, 0.2) is 48.7 Å². The van der Waals surface area contributed by atoms with E-state index in [0.29, 0.717) is 28.9 Å². The number of aromatic amines is 1. The third-order valence-electron chi connectivity index (χ3n) is 4.40. The predicted molar refractivity (Wildman–Crippen MR) is 109 cm³/mol. The Morgan fingerprint density at radius 1 is 1.12 bits per heavy atom. The van der Waals surface area contributed by atoms with Crippen LogP contribution in [0.4, 0.5) is 0 Å². The van der Waals surface area contributed by atoms with Crippen LogP contribution >= 0.6 is 23.2 Å². The minimum absolute atomic E-state index is 0.0278. The van der Waals surface area contributed by atoms with E-state index in [2.05, 4.69) is 24.1 Å². The maximum Gasteiger partial charge on any atom is 0.220 e.